The van der Waals surface area contributed by atoms with Crippen LogP contribution in [0.15, 0.2) is 36.5 Å². The second kappa shape index (κ2) is 6.37. The standard InChI is InChI=1S/C16H22N4O/c1-3-17-16(13-9-12(2)21-11-13)15-10-18-19-20(15)14-7-5-4-6-8-14/h4-8,10,12-13,16-17H,3,9,11H2,1-2H3. The first-order valence-corrected chi connectivity index (χ1v) is 7.60. The smallest absolute Gasteiger partial charge is 0.0818 e. The Bertz CT molecular complexity index is 569. The molecule has 1 fully saturated rings. The van der Waals surface area contributed by atoms with Gasteiger partial charge in [0.1, 0.15) is 0 Å². The molecule has 112 valence electrons. The fourth-order valence-electron chi connectivity index (χ4n) is 3.04. The maximum absolute atomic E-state index is 5.75. The molecule has 0 amide bonds. The second-order valence-electron chi connectivity index (χ2n) is 5.58. The molecule has 5 heteroatoms. The van der Waals surface area contributed by atoms with Crippen molar-refractivity contribution in [2.75, 3.05) is 13.2 Å². The number of rotatable bonds is 5. The SMILES string of the molecule is CCNC(c1cnnn1-c1ccccc1)C1COC(C)C1. The summed E-state index contributed by atoms with van der Waals surface area (Å²) in [6, 6.07) is 10.4. The minimum atomic E-state index is 0.218. The monoisotopic (exact) mass is 286 g/mol. The lowest BCUT2D eigenvalue weighted by Crippen LogP contribution is -2.30. The van der Waals surface area contributed by atoms with Crippen molar-refractivity contribution >= 4 is 0 Å². The lowest BCUT2D eigenvalue weighted by Gasteiger charge is -2.23. The van der Waals surface area contributed by atoms with E-state index in [0.717, 1.165) is 31.0 Å². The zero-order chi connectivity index (χ0) is 14.7. The summed E-state index contributed by atoms with van der Waals surface area (Å²) in [5, 5.41) is 12.0. The lowest BCUT2D eigenvalue weighted by atomic mass is 9.94. The van der Waals surface area contributed by atoms with Crippen LogP contribution in [0.4, 0.5) is 0 Å². The molecular formula is C16H22N4O. The topological polar surface area (TPSA) is 52.0 Å². The second-order valence-corrected chi connectivity index (χ2v) is 5.58. The average molecular weight is 286 g/mol. The Hall–Kier alpha value is -1.72. The first-order chi connectivity index (χ1) is 10.3. The van der Waals surface area contributed by atoms with Crippen LogP contribution in [0.5, 0.6) is 0 Å². The third-order valence-electron chi connectivity index (χ3n) is 4.02. The molecule has 3 atom stereocenters. The zero-order valence-corrected chi connectivity index (χ0v) is 12.6. The number of aromatic nitrogens is 3. The predicted molar refractivity (Wildman–Crippen MR) is 81.3 cm³/mol. The van der Waals surface area contributed by atoms with Gasteiger partial charge in [0.05, 0.1) is 36.3 Å². The van der Waals surface area contributed by atoms with Gasteiger partial charge in [-0.2, -0.15) is 0 Å². The van der Waals surface area contributed by atoms with Gasteiger partial charge in [0.15, 0.2) is 0 Å². The molecule has 0 aliphatic carbocycles. The van der Waals surface area contributed by atoms with Crippen molar-refractivity contribution in [3.63, 3.8) is 0 Å². The molecule has 1 aromatic carbocycles. The van der Waals surface area contributed by atoms with Crippen LogP contribution in [0.2, 0.25) is 0 Å². The van der Waals surface area contributed by atoms with Gasteiger partial charge < -0.3 is 10.1 Å². The Balaban J connectivity index is 1.92. The van der Waals surface area contributed by atoms with E-state index >= 15 is 0 Å². The summed E-state index contributed by atoms with van der Waals surface area (Å²) in [7, 11) is 0. The summed E-state index contributed by atoms with van der Waals surface area (Å²) in [6.45, 7) is 5.97. The molecule has 1 aromatic heterocycles. The number of para-hydroxylation sites is 1. The van der Waals surface area contributed by atoms with E-state index in [0.29, 0.717) is 12.0 Å². The highest BCUT2D eigenvalue weighted by atomic mass is 16.5. The number of nitrogens with one attached hydrogen (secondary N) is 1. The van der Waals surface area contributed by atoms with Crippen LogP contribution in [-0.2, 0) is 4.74 Å². The van der Waals surface area contributed by atoms with E-state index in [1.807, 2.05) is 29.1 Å². The number of nitrogens with zero attached hydrogens (tertiary/aromatic N) is 3. The van der Waals surface area contributed by atoms with E-state index in [4.69, 9.17) is 4.74 Å². The first kappa shape index (κ1) is 14.2. The van der Waals surface area contributed by atoms with Crippen LogP contribution >= 0.6 is 0 Å². The van der Waals surface area contributed by atoms with Crippen molar-refractivity contribution in [3.05, 3.63) is 42.2 Å². The summed E-state index contributed by atoms with van der Waals surface area (Å²) < 4.78 is 7.67. The summed E-state index contributed by atoms with van der Waals surface area (Å²) in [5.74, 6) is 0.459. The van der Waals surface area contributed by atoms with E-state index in [1.165, 1.54) is 0 Å². The van der Waals surface area contributed by atoms with Crippen LogP contribution in [0.1, 0.15) is 32.0 Å². The van der Waals surface area contributed by atoms with Gasteiger partial charge in [-0.05, 0) is 32.0 Å². The number of hydrogen-bond donors (Lipinski definition) is 1. The van der Waals surface area contributed by atoms with Gasteiger partial charge in [-0.3, -0.25) is 0 Å². The van der Waals surface area contributed by atoms with Crippen molar-refractivity contribution in [2.24, 2.45) is 5.92 Å². The molecule has 1 aliphatic heterocycles. The Morgan fingerprint density at radius 3 is 2.86 bits per heavy atom. The Kier molecular flexibility index (Phi) is 4.31. The molecule has 1 N–H and O–H groups in total. The molecule has 3 rings (SSSR count). The molecule has 1 aliphatic rings. The van der Waals surface area contributed by atoms with E-state index in [2.05, 4.69) is 41.6 Å². The van der Waals surface area contributed by atoms with Crippen molar-refractivity contribution < 1.29 is 4.74 Å². The van der Waals surface area contributed by atoms with Crippen LogP contribution < -0.4 is 5.32 Å². The molecule has 0 bridgehead atoms. The van der Waals surface area contributed by atoms with Gasteiger partial charge in [-0.1, -0.05) is 30.3 Å². The summed E-state index contributed by atoms with van der Waals surface area (Å²) in [5.41, 5.74) is 2.14. The fraction of sp³-hybridized carbons (Fsp3) is 0.500. The Morgan fingerprint density at radius 1 is 1.38 bits per heavy atom. The quantitative estimate of drug-likeness (QED) is 0.916. The Morgan fingerprint density at radius 2 is 2.19 bits per heavy atom. The third-order valence-corrected chi connectivity index (χ3v) is 4.02. The normalized spacial score (nSPS) is 23.3. The summed E-state index contributed by atoms with van der Waals surface area (Å²) in [6.07, 6.45) is 3.26. The van der Waals surface area contributed by atoms with Crippen molar-refractivity contribution in [3.8, 4) is 5.69 Å². The molecule has 5 nitrogen and oxygen atoms in total. The van der Waals surface area contributed by atoms with Gasteiger partial charge in [0, 0.05) is 5.92 Å². The maximum Gasteiger partial charge on any atom is 0.0818 e. The lowest BCUT2D eigenvalue weighted by molar-refractivity contribution is 0.116. The minimum absolute atomic E-state index is 0.218. The van der Waals surface area contributed by atoms with Gasteiger partial charge in [0.2, 0.25) is 0 Å². The van der Waals surface area contributed by atoms with Crippen molar-refractivity contribution in [1.82, 2.24) is 20.3 Å². The highest BCUT2D eigenvalue weighted by molar-refractivity contribution is 5.32. The van der Waals surface area contributed by atoms with Crippen molar-refractivity contribution in [1.29, 1.82) is 0 Å². The van der Waals surface area contributed by atoms with Crippen LogP contribution in [0.25, 0.3) is 5.69 Å². The first-order valence-electron chi connectivity index (χ1n) is 7.60. The van der Waals surface area contributed by atoms with E-state index in [-0.39, 0.29) is 6.04 Å². The largest absolute Gasteiger partial charge is 0.378 e. The van der Waals surface area contributed by atoms with Crippen LogP contribution in [0, 0.1) is 5.92 Å². The molecule has 2 heterocycles. The number of benzene rings is 1. The molecule has 21 heavy (non-hydrogen) atoms. The summed E-state index contributed by atoms with van der Waals surface area (Å²) >= 11 is 0. The Labute approximate surface area is 125 Å². The van der Waals surface area contributed by atoms with E-state index in [1.54, 1.807) is 0 Å². The maximum atomic E-state index is 5.75. The van der Waals surface area contributed by atoms with Crippen LogP contribution in [-0.4, -0.2) is 34.2 Å². The van der Waals surface area contributed by atoms with E-state index < -0.39 is 0 Å². The third kappa shape index (κ3) is 2.99. The fourth-order valence-corrected chi connectivity index (χ4v) is 3.04. The average Bonchev–Trinajstić information content (AvgIpc) is 3.15. The highest BCUT2D eigenvalue weighted by Crippen LogP contribution is 2.32. The zero-order valence-electron chi connectivity index (χ0n) is 12.6. The molecule has 0 saturated carbocycles. The van der Waals surface area contributed by atoms with Crippen LogP contribution in [0.3, 0.4) is 0 Å². The number of ether oxygens (including phenoxy) is 1. The van der Waals surface area contributed by atoms with Crippen molar-refractivity contribution in [2.45, 2.75) is 32.4 Å². The van der Waals surface area contributed by atoms with Gasteiger partial charge >= 0.3 is 0 Å². The van der Waals surface area contributed by atoms with Gasteiger partial charge in [-0.25, -0.2) is 4.68 Å². The molecule has 1 saturated heterocycles. The highest BCUT2D eigenvalue weighted by Gasteiger charge is 2.32. The molecule has 0 radical (unpaired) electrons. The van der Waals surface area contributed by atoms with E-state index in [9.17, 15) is 0 Å². The van der Waals surface area contributed by atoms with Gasteiger partial charge in [-0.15, -0.1) is 5.10 Å². The predicted octanol–water partition coefficient (Wildman–Crippen LogP) is 2.34. The number of hydrogen-bond acceptors (Lipinski definition) is 4. The molecule has 2 aromatic rings. The molecule has 0 spiro atoms. The van der Waals surface area contributed by atoms with Gasteiger partial charge in [0.25, 0.3) is 0 Å². The summed E-state index contributed by atoms with van der Waals surface area (Å²) in [4.78, 5) is 0. The minimum Gasteiger partial charge on any atom is -0.378 e. The molecular weight excluding hydrogens is 264 g/mol. The molecule has 3 unspecified atom stereocenters.